The van der Waals surface area contributed by atoms with Gasteiger partial charge in [-0.3, -0.25) is 0 Å². The molecule has 4 nitrogen and oxygen atoms in total. The van der Waals surface area contributed by atoms with E-state index in [1.807, 2.05) is 0 Å². The average molecular weight is 177 g/mol. The van der Waals surface area contributed by atoms with E-state index in [2.05, 4.69) is 21.1 Å². The second-order valence-corrected chi connectivity index (χ2v) is 3.46. The van der Waals surface area contributed by atoms with Crippen molar-refractivity contribution in [1.82, 2.24) is 0 Å². The highest BCUT2D eigenvalue weighted by Gasteiger charge is 2.02. The lowest BCUT2D eigenvalue weighted by Crippen LogP contribution is -2.36. The Kier molecular flexibility index (Phi) is 8.21. The maximum atomic E-state index is 9.26. The normalized spacial score (nSPS) is 10.1. The summed E-state index contributed by atoms with van der Waals surface area (Å²) in [7, 11) is 6.16. The molecule has 12 heavy (non-hydrogen) atoms. The van der Waals surface area contributed by atoms with Crippen molar-refractivity contribution in [2.45, 2.75) is 13.3 Å². The zero-order valence-corrected chi connectivity index (χ0v) is 8.33. The van der Waals surface area contributed by atoms with Crippen molar-refractivity contribution >= 4 is 5.97 Å². The molecule has 0 saturated heterocycles. The molecule has 0 amide bonds. The van der Waals surface area contributed by atoms with Crippen LogP contribution in [-0.4, -0.2) is 49.9 Å². The number of hydrogen-bond acceptors (Lipinski definition) is 3. The highest BCUT2D eigenvalue weighted by Crippen LogP contribution is 1.84. The Morgan fingerprint density at radius 1 is 1.42 bits per heavy atom. The van der Waals surface area contributed by atoms with E-state index < -0.39 is 5.97 Å². The smallest absolute Gasteiger partial charge is 0.101 e. The largest absolute Gasteiger partial charge is 0.550 e. The number of carbonyl (C=O) groups excluding carboxylic acids is 1. The molecule has 1 N–H and O–H groups in total. The lowest BCUT2D eigenvalue weighted by atomic mass is 10.5. The van der Waals surface area contributed by atoms with Crippen molar-refractivity contribution in [2.75, 3.05) is 34.3 Å². The van der Waals surface area contributed by atoms with Crippen molar-refractivity contribution < 1.29 is 19.5 Å². The van der Waals surface area contributed by atoms with Crippen LogP contribution in [0.4, 0.5) is 0 Å². The molecule has 0 fully saturated rings. The van der Waals surface area contributed by atoms with E-state index in [4.69, 9.17) is 5.11 Å². The molecule has 0 atom stereocenters. The van der Waals surface area contributed by atoms with Gasteiger partial charge in [0.15, 0.2) is 0 Å². The molecule has 0 heterocycles. The maximum absolute atomic E-state index is 9.26. The Morgan fingerprint density at radius 2 is 1.75 bits per heavy atom. The van der Waals surface area contributed by atoms with Crippen molar-refractivity contribution in [3.05, 3.63) is 0 Å². The summed E-state index contributed by atoms with van der Waals surface area (Å²) in [5, 5.41) is 17.6. The van der Waals surface area contributed by atoms with Crippen LogP contribution in [0.3, 0.4) is 0 Å². The summed E-state index contributed by atoms with van der Waals surface area (Å²) in [6, 6.07) is 0. The van der Waals surface area contributed by atoms with Gasteiger partial charge in [-0.1, -0.05) is 6.92 Å². The van der Waals surface area contributed by atoms with E-state index >= 15 is 0 Å². The molecule has 0 aromatic carbocycles. The molecular weight excluding hydrogens is 158 g/mol. The van der Waals surface area contributed by atoms with Crippen molar-refractivity contribution in [3.8, 4) is 0 Å². The highest BCUT2D eigenvalue weighted by molar-refractivity contribution is 5.63. The molecule has 0 rings (SSSR count). The fraction of sp³-hybridized carbons (Fsp3) is 0.875. The summed E-state index contributed by atoms with van der Waals surface area (Å²) in [5.41, 5.74) is 0. The summed E-state index contributed by atoms with van der Waals surface area (Å²) in [4.78, 5) is 9.26. The Labute approximate surface area is 74.0 Å². The van der Waals surface area contributed by atoms with Crippen LogP contribution in [0.5, 0.6) is 0 Å². The first kappa shape index (κ1) is 13.9. The summed E-state index contributed by atoms with van der Waals surface area (Å²) in [6.07, 6.45) is 0.111. The minimum Gasteiger partial charge on any atom is -0.550 e. The fourth-order valence-corrected chi connectivity index (χ4v) is 0.300. The molecule has 0 unspecified atom stereocenters. The molecule has 0 aliphatic carbocycles. The Balaban J connectivity index is 0. The number of hydrogen-bond donors (Lipinski definition) is 1. The average Bonchev–Trinajstić information content (AvgIpc) is 1.86. The lowest BCUT2D eigenvalue weighted by molar-refractivity contribution is -0.870. The standard InChI is InChI=1S/C5H14NO.C3H6O2/c1-6(2,3)4-5-7;1-2-3(4)5/h7H,4-5H2,1-3H3;2H2,1H3,(H,4,5)/q+1;/p-1. The first-order valence-corrected chi connectivity index (χ1v) is 3.94. The van der Waals surface area contributed by atoms with Crippen molar-refractivity contribution in [2.24, 2.45) is 0 Å². The molecular formula is C8H19NO3. The number of quaternary nitrogens is 1. The van der Waals surface area contributed by atoms with E-state index in [1.54, 1.807) is 0 Å². The lowest BCUT2D eigenvalue weighted by Gasteiger charge is -2.21. The van der Waals surface area contributed by atoms with Gasteiger partial charge in [0.25, 0.3) is 0 Å². The Hall–Kier alpha value is -0.610. The number of aliphatic hydroxyl groups is 1. The number of nitrogens with zero attached hydrogens (tertiary/aromatic N) is 1. The highest BCUT2D eigenvalue weighted by atomic mass is 16.4. The van der Waals surface area contributed by atoms with Crippen LogP contribution in [0.1, 0.15) is 13.3 Å². The number of likely N-dealkylation sites (N-methyl/N-ethyl adjacent to an activating group) is 1. The van der Waals surface area contributed by atoms with Gasteiger partial charge < -0.3 is 19.5 Å². The Morgan fingerprint density at radius 3 is 1.75 bits per heavy atom. The van der Waals surface area contributed by atoms with Crippen LogP contribution in [0.25, 0.3) is 0 Å². The number of carboxylic acids is 1. The van der Waals surface area contributed by atoms with Gasteiger partial charge in [0.1, 0.15) is 6.54 Å². The Bertz CT molecular complexity index is 118. The summed E-state index contributed by atoms with van der Waals surface area (Å²) in [5.74, 6) is -0.995. The van der Waals surface area contributed by atoms with Gasteiger partial charge in [-0.25, -0.2) is 0 Å². The molecule has 0 aliphatic rings. The number of rotatable bonds is 3. The van der Waals surface area contributed by atoms with E-state index in [0.29, 0.717) is 0 Å². The fourth-order valence-electron chi connectivity index (χ4n) is 0.300. The molecule has 0 spiro atoms. The topological polar surface area (TPSA) is 60.4 Å². The van der Waals surface area contributed by atoms with Crippen molar-refractivity contribution in [3.63, 3.8) is 0 Å². The van der Waals surface area contributed by atoms with Gasteiger partial charge in [0, 0.05) is 5.97 Å². The number of aliphatic hydroxyl groups excluding tert-OH is 1. The molecule has 0 saturated carbocycles. The molecule has 0 aromatic rings. The van der Waals surface area contributed by atoms with Crippen LogP contribution in [0, 0.1) is 0 Å². The monoisotopic (exact) mass is 177 g/mol. The summed E-state index contributed by atoms with van der Waals surface area (Å²) in [6.45, 7) is 2.65. The van der Waals surface area contributed by atoms with E-state index in [0.717, 1.165) is 11.0 Å². The third-order valence-corrected chi connectivity index (χ3v) is 1.06. The second kappa shape index (κ2) is 7.06. The van der Waals surface area contributed by atoms with Crippen LogP contribution >= 0.6 is 0 Å². The molecule has 4 heteroatoms. The van der Waals surface area contributed by atoms with Gasteiger partial charge in [-0.15, -0.1) is 0 Å². The minimum absolute atomic E-state index is 0.111. The van der Waals surface area contributed by atoms with Gasteiger partial charge in [0.2, 0.25) is 0 Å². The van der Waals surface area contributed by atoms with E-state index in [1.165, 1.54) is 6.92 Å². The molecule has 0 aromatic heterocycles. The SMILES string of the molecule is CCC(=O)[O-].C[N+](C)(C)CCO. The minimum atomic E-state index is -0.995. The first-order chi connectivity index (χ1) is 5.33. The van der Waals surface area contributed by atoms with Crippen LogP contribution in [-0.2, 0) is 4.79 Å². The molecule has 0 bridgehead atoms. The summed E-state index contributed by atoms with van der Waals surface area (Å²) >= 11 is 0. The van der Waals surface area contributed by atoms with Crippen LogP contribution in [0.2, 0.25) is 0 Å². The van der Waals surface area contributed by atoms with Crippen LogP contribution in [0.15, 0.2) is 0 Å². The van der Waals surface area contributed by atoms with Gasteiger partial charge in [0.05, 0.1) is 27.7 Å². The third-order valence-electron chi connectivity index (χ3n) is 1.06. The van der Waals surface area contributed by atoms with Crippen LogP contribution < -0.4 is 5.11 Å². The zero-order chi connectivity index (χ0) is 10.2. The number of carboxylic acid groups (broad SMARTS) is 1. The molecule has 0 aliphatic heterocycles. The molecule has 0 radical (unpaired) electrons. The summed E-state index contributed by atoms with van der Waals surface area (Å²) < 4.78 is 0.844. The van der Waals surface area contributed by atoms with Crippen molar-refractivity contribution in [1.29, 1.82) is 0 Å². The third kappa shape index (κ3) is 22.8. The maximum Gasteiger partial charge on any atom is 0.101 e. The second-order valence-electron chi connectivity index (χ2n) is 3.46. The quantitative estimate of drug-likeness (QED) is 0.553. The predicted octanol–water partition coefficient (Wildman–Crippen LogP) is -1.17. The van der Waals surface area contributed by atoms with Gasteiger partial charge >= 0.3 is 0 Å². The van der Waals surface area contributed by atoms with Gasteiger partial charge in [-0.2, -0.15) is 0 Å². The molecule has 74 valence electrons. The first-order valence-electron chi connectivity index (χ1n) is 3.94. The zero-order valence-electron chi connectivity index (χ0n) is 8.33. The van der Waals surface area contributed by atoms with E-state index in [9.17, 15) is 9.90 Å². The predicted molar refractivity (Wildman–Crippen MR) is 45.3 cm³/mol. The number of carbonyl (C=O) groups is 1. The number of aliphatic carboxylic acids is 1. The van der Waals surface area contributed by atoms with Gasteiger partial charge in [-0.05, 0) is 6.42 Å². The van der Waals surface area contributed by atoms with E-state index in [-0.39, 0.29) is 13.0 Å².